The largest absolute Gasteiger partial charge is 0.364 e. The average molecular weight is 233 g/mol. The number of hydrogen-bond donors (Lipinski definition) is 1. The van der Waals surface area contributed by atoms with Gasteiger partial charge in [0.1, 0.15) is 0 Å². The molecule has 0 aliphatic carbocycles. The summed E-state index contributed by atoms with van der Waals surface area (Å²) in [5.41, 5.74) is 1.34. The first-order chi connectivity index (χ1) is 8.22. The lowest BCUT2D eigenvalue weighted by molar-refractivity contribution is 0.199. The zero-order valence-electron chi connectivity index (χ0n) is 11.1. The molecule has 1 fully saturated rings. The molecule has 0 bridgehead atoms. The van der Waals surface area contributed by atoms with Crippen LogP contribution in [0.5, 0.6) is 0 Å². The second-order valence-corrected chi connectivity index (χ2v) is 4.99. The van der Waals surface area contributed by atoms with Gasteiger partial charge in [0.2, 0.25) is 0 Å². The van der Waals surface area contributed by atoms with Crippen molar-refractivity contribution in [2.45, 2.75) is 19.0 Å². The number of para-hydroxylation sites is 1. The van der Waals surface area contributed by atoms with Crippen LogP contribution in [-0.2, 0) is 0 Å². The number of benzene rings is 1. The average Bonchev–Trinajstić information content (AvgIpc) is 2.35. The fraction of sp³-hybridized carbons (Fsp3) is 0.571. The Morgan fingerprint density at radius 3 is 2.59 bits per heavy atom. The van der Waals surface area contributed by atoms with Crippen LogP contribution in [0.15, 0.2) is 30.3 Å². The number of nitrogens with zero attached hydrogens (tertiary/aromatic N) is 2. The van der Waals surface area contributed by atoms with Gasteiger partial charge in [0.15, 0.2) is 0 Å². The second kappa shape index (κ2) is 5.52. The van der Waals surface area contributed by atoms with E-state index >= 15 is 0 Å². The van der Waals surface area contributed by atoms with Crippen LogP contribution in [0.2, 0.25) is 0 Å². The Morgan fingerprint density at radius 1 is 1.24 bits per heavy atom. The van der Waals surface area contributed by atoms with Crippen molar-refractivity contribution in [1.29, 1.82) is 0 Å². The molecular weight excluding hydrogens is 210 g/mol. The predicted molar refractivity (Wildman–Crippen MR) is 73.6 cm³/mol. The molecule has 94 valence electrons. The monoisotopic (exact) mass is 233 g/mol. The molecule has 2 unspecified atom stereocenters. The first-order valence-electron chi connectivity index (χ1n) is 6.39. The molecule has 17 heavy (non-hydrogen) atoms. The third-order valence-electron chi connectivity index (χ3n) is 3.68. The molecule has 1 heterocycles. The Bertz CT molecular complexity index is 339. The van der Waals surface area contributed by atoms with Gasteiger partial charge in [-0.2, -0.15) is 0 Å². The second-order valence-electron chi connectivity index (χ2n) is 4.99. The van der Waals surface area contributed by atoms with Crippen molar-refractivity contribution in [3.8, 4) is 0 Å². The van der Waals surface area contributed by atoms with Crippen molar-refractivity contribution in [2.24, 2.45) is 0 Å². The van der Waals surface area contributed by atoms with Crippen LogP contribution in [-0.4, -0.2) is 50.7 Å². The summed E-state index contributed by atoms with van der Waals surface area (Å²) < 4.78 is 0. The van der Waals surface area contributed by atoms with Crippen molar-refractivity contribution in [1.82, 2.24) is 10.2 Å². The highest BCUT2D eigenvalue weighted by molar-refractivity contribution is 5.48. The lowest BCUT2D eigenvalue weighted by atomic mass is 10.1. The van der Waals surface area contributed by atoms with Crippen molar-refractivity contribution in [3.05, 3.63) is 30.3 Å². The summed E-state index contributed by atoms with van der Waals surface area (Å²) in [5, 5.41) is 3.30. The molecule has 1 saturated heterocycles. The lowest BCUT2D eigenvalue weighted by Gasteiger charge is -2.45. The van der Waals surface area contributed by atoms with Crippen molar-refractivity contribution in [3.63, 3.8) is 0 Å². The number of nitrogens with one attached hydrogen (secondary N) is 1. The molecule has 1 aliphatic heterocycles. The summed E-state index contributed by atoms with van der Waals surface area (Å²) in [6.07, 6.45) is 0. The van der Waals surface area contributed by atoms with Crippen LogP contribution in [0.25, 0.3) is 0 Å². The lowest BCUT2D eigenvalue weighted by Crippen LogP contribution is -2.58. The predicted octanol–water partition coefficient (Wildman–Crippen LogP) is 1.41. The smallest absolute Gasteiger partial charge is 0.0542 e. The summed E-state index contributed by atoms with van der Waals surface area (Å²) in [6.45, 7) is 5.56. The molecule has 3 heteroatoms. The molecule has 0 saturated carbocycles. The fourth-order valence-corrected chi connectivity index (χ4v) is 2.53. The highest BCUT2D eigenvalue weighted by atomic mass is 15.3. The summed E-state index contributed by atoms with van der Waals surface area (Å²) in [7, 11) is 4.25. The molecule has 0 amide bonds. The number of anilines is 1. The van der Waals surface area contributed by atoms with E-state index in [4.69, 9.17) is 0 Å². The van der Waals surface area contributed by atoms with Gasteiger partial charge in [0.25, 0.3) is 0 Å². The Hall–Kier alpha value is -1.06. The highest BCUT2D eigenvalue weighted by Gasteiger charge is 2.28. The van der Waals surface area contributed by atoms with Gasteiger partial charge in [0.05, 0.1) is 6.04 Å². The third-order valence-corrected chi connectivity index (χ3v) is 3.68. The highest BCUT2D eigenvalue weighted by Crippen LogP contribution is 2.21. The van der Waals surface area contributed by atoms with Crippen molar-refractivity contribution in [2.75, 3.05) is 38.6 Å². The quantitative estimate of drug-likeness (QED) is 0.852. The molecule has 1 N–H and O–H groups in total. The SMILES string of the molecule is CNCC1CN(C)C(C)CN1c1ccccc1. The first kappa shape index (κ1) is 12.4. The molecule has 1 aromatic rings. The Kier molecular flexibility index (Phi) is 4.02. The molecular formula is C14H23N3. The van der Waals surface area contributed by atoms with Crippen LogP contribution in [0.1, 0.15) is 6.92 Å². The molecule has 1 aliphatic rings. The van der Waals surface area contributed by atoms with E-state index in [-0.39, 0.29) is 0 Å². The van der Waals surface area contributed by atoms with E-state index in [9.17, 15) is 0 Å². The van der Waals surface area contributed by atoms with Gasteiger partial charge in [-0.1, -0.05) is 18.2 Å². The van der Waals surface area contributed by atoms with Crippen LogP contribution in [0.4, 0.5) is 5.69 Å². The van der Waals surface area contributed by atoms with Crippen molar-refractivity contribution >= 4 is 5.69 Å². The van der Waals surface area contributed by atoms with E-state index in [0.717, 1.165) is 19.6 Å². The maximum atomic E-state index is 3.30. The molecule has 3 nitrogen and oxygen atoms in total. The number of likely N-dealkylation sites (N-methyl/N-ethyl adjacent to an activating group) is 2. The first-order valence-corrected chi connectivity index (χ1v) is 6.39. The fourth-order valence-electron chi connectivity index (χ4n) is 2.53. The van der Waals surface area contributed by atoms with E-state index in [1.807, 2.05) is 7.05 Å². The van der Waals surface area contributed by atoms with Gasteiger partial charge in [-0.3, -0.25) is 4.90 Å². The van der Waals surface area contributed by atoms with E-state index in [2.05, 4.69) is 59.4 Å². The molecule has 0 spiro atoms. The summed E-state index contributed by atoms with van der Waals surface area (Å²) in [5.74, 6) is 0. The Balaban J connectivity index is 2.17. The van der Waals surface area contributed by atoms with E-state index in [1.165, 1.54) is 5.69 Å². The molecule has 2 atom stereocenters. The summed E-state index contributed by atoms with van der Waals surface area (Å²) in [6, 6.07) is 11.9. The van der Waals surface area contributed by atoms with E-state index < -0.39 is 0 Å². The minimum Gasteiger partial charge on any atom is -0.364 e. The summed E-state index contributed by atoms with van der Waals surface area (Å²) in [4.78, 5) is 4.97. The van der Waals surface area contributed by atoms with Crippen molar-refractivity contribution < 1.29 is 0 Å². The van der Waals surface area contributed by atoms with Crippen LogP contribution < -0.4 is 10.2 Å². The van der Waals surface area contributed by atoms with Gasteiger partial charge < -0.3 is 10.2 Å². The Labute approximate surface area is 104 Å². The van der Waals surface area contributed by atoms with Gasteiger partial charge in [-0.15, -0.1) is 0 Å². The molecule has 0 radical (unpaired) electrons. The third kappa shape index (κ3) is 2.79. The molecule has 0 aromatic heterocycles. The van der Waals surface area contributed by atoms with Crippen LogP contribution in [0.3, 0.4) is 0 Å². The molecule has 1 aromatic carbocycles. The van der Waals surface area contributed by atoms with Gasteiger partial charge in [-0.05, 0) is 33.2 Å². The van der Waals surface area contributed by atoms with Gasteiger partial charge in [0, 0.05) is 31.4 Å². The number of piperazine rings is 1. The number of rotatable bonds is 3. The topological polar surface area (TPSA) is 18.5 Å². The van der Waals surface area contributed by atoms with Crippen LogP contribution >= 0.6 is 0 Å². The maximum Gasteiger partial charge on any atom is 0.0542 e. The molecule has 2 rings (SSSR count). The zero-order valence-corrected chi connectivity index (χ0v) is 11.1. The minimum atomic E-state index is 0.559. The van der Waals surface area contributed by atoms with E-state index in [0.29, 0.717) is 12.1 Å². The van der Waals surface area contributed by atoms with Crippen LogP contribution in [0, 0.1) is 0 Å². The van der Waals surface area contributed by atoms with E-state index in [1.54, 1.807) is 0 Å². The maximum absolute atomic E-state index is 3.30. The van der Waals surface area contributed by atoms with Gasteiger partial charge in [-0.25, -0.2) is 0 Å². The minimum absolute atomic E-state index is 0.559. The van der Waals surface area contributed by atoms with Gasteiger partial charge >= 0.3 is 0 Å². The zero-order chi connectivity index (χ0) is 12.3. The Morgan fingerprint density at radius 2 is 1.94 bits per heavy atom. The standard InChI is InChI=1S/C14H23N3/c1-12-10-17(13-7-5-4-6-8-13)14(9-15-2)11-16(12)3/h4-8,12,14-15H,9-11H2,1-3H3. The summed E-state index contributed by atoms with van der Waals surface area (Å²) >= 11 is 0. The number of hydrogen-bond acceptors (Lipinski definition) is 3. The normalized spacial score (nSPS) is 26.2.